The molecule has 2 heterocycles. The third kappa shape index (κ3) is 5.17. The van der Waals surface area contributed by atoms with Gasteiger partial charge in [0.25, 0.3) is 5.91 Å². The van der Waals surface area contributed by atoms with Gasteiger partial charge in [0.2, 0.25) is 0 Å². The zero-order valence-electron chi connectivity index (χ0n) is 15.9. The summed E-state index contributed by atoms with van der Waals surface area (Å²) in [6, 6.07) is 4.27. The largest absolute Gasteiger partial charge is 0.367 e. The lowest BCUT2D eigenvalue weighted by Crippen LogP contribution is -2.34. The summed E-state index contributed by atoms with van der Waals surface area (Å²) in [5.74, 6) is 0.775. The Morgan fingerprint density at radius 2 is 2.04 bits per heavy atom. The molecular weight excluding hydrogens is 330 g/mol. The SMILES string of the molecule is CCC[C@@](C)(CCCNC(=O)c1ccc(NC2CC2)nc1)C1OCCO1. The van der Waals surface area contributed by atoms with Crippen LogP contribution in [-0.2, 0) is 9.47 Å². The van der Waals surface area contributed by atoms with Gasteiger partial charge in [-0.05, 0) is 44.2 Å². The van der Waals surface area contributed by atoms with Gasteiger partial charge in [-0.2, -0.15) is 0 Å². The van der Waals surface area contributed by atoms with Crippen LogP contribution in [0.15, 0.2) is 18.3 Å². The quantitative estimate of drug-likeness (QED) is 0.625. The molecule has 3 rings (SSSR count). The van der Waals surface area contributed by atoms with Gasteiger partial charge >= 0.3 is 0 Å². The summed E-state index contributed by atoms with van der Waals surface area (Å²) in [6.45, 7) is 6.42. The van der Waals surface area contributed by atoms with Crippen LogP contribution in [0.1, 0.15) is 62.7 Å². The maximum atomic E-state index is 12.3. The van der Waals surface area contributed by atoms with Gasteiger partial charge in [0.15, 0.2) is 6.29 Å². The number of aromatic nitrogens is 1. The minimum atomic E-state index is -0.117. The van der Waals surface area contributed by atoms with Crippen LogP contribution in [0, 0.1) is 5.41 Å². The highest BCUT2D eigenvalue weighted by molar-refractivity contribution is 5.94. The molecule has 1 amide bonds. The van der Waals surface area contributed by atoms with Gasteiger partial charge in [-0.1, -0.05) is 20.3 Å². The van der Waals surface area contributed by atoms with Crippen LogP contribution in [0.4, 0.5) is 5.82 Å². The summed E-state index contributed by atoms with van der Waals surface area (Å²) >= 11 is 0. The molecule has 6 heteroatoms. The highest BCUT2D eigenvalue weighted by Crippen LogP contribution is 2.37. The maximum absolute atomic E-state index is 12.3. The number of nitrogens with one attached hydrogen (secondary N) is 2. The molecule has 1 atom stereocenters. The fourth-order valence-electron chi connectivity index (χ4n) is 3.54. The van der Waals surface area contributed by atoms with Gasteiger partial charge in [0.1, 0.15) is 5.82 Å². The Hall–Kier alpha value is -1.66. The van der Waals surface area contributed by atoms with Crippen molar-refractivity contribution >= 4 is 11.7 Å². The molecule has 144 valence electrons. The number of amides is 1. The lowest BCUT2D eigenvalue weighted by molar-refractivity contribution is -0.133. The molecule has 1 aliphatic carbocycles. The number of hydrogen-bond acceptors (Lipinski definition) is 5. The molecule has 1 aromatic rings. The molecule has 0 bridgehead atoms. The van der Waals surface area contributed by atoms with E-state index in [2.05, 4.69) is 29.5 Å². The number of carbonyl (C=O) groups is 1. The fourth-order valence-corrected chi connectivity index (χ4v) is 3.54. The van der Waals surface area contributed by atoms with Crippen molar-refractivity contribution in [3.63, 3.8) is 0 Å². The molecule has 2 aliphatic rings. The van der Waals surface area contributed by atoms with Crippen molar-refractivity contribution in [2.24, 2.45) is 5.41 Å². The van der Waals surface area contributed by atoms with Crippen molar-refractivity contribution in [2.75, 3.05) is 25.1 Å². The monoisotopic (exact) mass is 361 g/mol. The van der Waals surface area contributed by atoms with Crippen molar-refractivity contribution in [3.05, 3.63) is 23.9 Å². The first-order valence-electron chi connectivity index (χ1n) is 9.85. The minimum absolute atomic E-state index is 0.00760. The molecule has 0 aromatic carbocycles. The highest BCUT2D eigenvalue weighted by atomic mass is 16.7. The standard InChI is InChI=1S/C20H31N3O3/c1-3-9-20(2,19-25-12-13-26-19)10-4-11-21-18(24)15-5-8-17(22-14-15)23-16-6-7-16/h5,8,14,16,19H,3-4,6-7,9-13H2,1-2H3,(H,21,24)(H,22,23)/t20-/m0/s1. The van der Waals surface area contributed by atoms with Gasteiger partial charge in [0.05, 0.1) is 18.8 Å². The molecule has 2 fully saturated rings. The highest BCUT2D eigenvalue weighted by Gasteiger charge is 2.37. The smallest absolute Gasteiger partial charge is 0.252 e. The van der Waals surface area contributed by atoms with E-state index in [4.69, 9.17) is 9.47 Å². The topological polar surface area (TPSA) is 72.5 Å². The average molecular weight is 361 g/mol. The Morgan fingerprint density at radius 1 is 1.27 bits per heavy atom. The van der Waals surface area contributed by atoms with Gasteiger partial charge in [-0.15, -0.1) is 0 Å². The van der Waals surface area contributed by atoms with E-state index in [1.165, 1.54) is 12.8 Å². The first-order chi connectivity index (χ1) is 12.6. The molecule has 1 aromatic heterocycles. The van der Waals surface area contributed by atoms with Crippen molar-refractivity contribution in [1.29, 1.82) is 0 Å². The van der Waals surface area contributed by atoms with E-state index in [1.807, 2.05) is 12.1 Å². The van der Waals surface area contributed by atoms with E-state index in [1.54, 1.807) is 6.20 Å². The Labute approximate surface area is 156 Å². The zero-order valence-corrected chi connectivity index (χ0v) is 15.9. The van der Waals surface area contributed by atoms with E-state index in [0.29, 0.717) is 31.4 Å². The minimum Gasteiger partial charge on any atom is -0.367 e. The van der Waals surface area contributed by atoms with E-state index in [9.17, 15) is 4.79 Å². The van der Waals surface area contributed by atoms with Crippen LogP contribution in [0.2, 0.25) is 0 Å². The number of pyridine rings is 1. The molecule has 6 nitrogen and oxygen atoms in total. The molecule has 1 saturated heterocycles. The lowest BCUT2D eigenvalue weighted by Gasteiger charge is -2.34. The van der Waals surface area contributed by atoms with Crippen LogP contribution in [0.3, 0.4) is 0 Å². The molecule has 0 radical (unpaired) electrons. The average Bonchev–Trinajstić information content (AvgIpc) is 3.27. The zero-order chi connectivity index (χ0) is 18.4. The summed E-state index contributed by atoms with van der Waals surface area (Å²) in [6.07, 6.45) is 7.96. The van der Waals surface area contributed by atoms with Crippen molar-refractivity contribution < 1.29 is 14.3 Å². The van der Waals surface area contributed by atoms with E-state index >= 15 is 0 Å². The first-order valence-corrected chi connectivity index (χ1v) is 9.85. The third-order valence-electron chi connectivity index (χ3n) is 5.18. The Bertz CT molecular complexity index is 582. The summed E-state index contributed by atoms with van der Waals surface area (Å²) in [7, 11) is 0. The number of nitrogens with zero attached hydrogens (tertiary/aromatic N) is 1. The summed E-state index contributed by atoms with van der Waals surface area (Å²) < 4.78 is 11.5. The molecule has 1 saturated carbocycles. The Morgan fingerprint density at radius 3 is 2.65 bits per heavy atom. The van der Waals surface area contributed by atoms with Crippen LogP contribution >= 0.6 is 0 Å². The van der Waals surface area contributed by atoms with Gasteiger partial charge < -0.3 is 20.1 Å². The second-order valence-corrected chi connectivity index (χ2v) is 7.69. The van der Waals surface area contributed by atoms with Crippen LogP contribution < -0.4 is 10.6 Å². The van der Waals surface area contributed by atoms with Crippen molar-refractivity contribution in [1.82, 2.24) is 10.3 Å². The van der Waals surface area contributed by atoms with Crippen LogP contribution in [0.25, 0.3) is 0 Å². The molecule has 26 heavy (non-hydrogen) atoms. The molecule has 2 N–H and O–H groups in total. The second-order valence-electron chi connectivity index (χ2n) is 7.69. The Kier molecular flexibility index (Phi) is 6.48. The van der Waals surface area contributed by atoms with Gasteiger partial charge in [0, 0.05) is 24.2 Å². The van der Waals surface area contributed by atoms with Gasteiger partial charge in [-0.25, -0.2) is 4.98 Å². The normalized spacial score (nSPS) is 19.9. The number of ether oxygens (including phenoxy) is 2. The Balaban J connectivity index is 1.42. The molecule has 1 aliphatic heterocycles. The number of rotatable bonds is 10. The predicted molar refractivity (Wildman–Crippen MR) is 101 cm³/mol. The summed E-state index contributed by atoms with van der Waals surface area (Å²) in [5, 5.41) is 6.32. The molecular formula is C20H31N3O3. The van der Waals surface area contributed by atoms with Crippen molar-refractivity contribution in [3.8, 4) is 0 Å². The lowest BCUT2D eigenvalue weighted by atomic mass is 9.80. The second kappa shape index (κ2) is 8.82. The number of anilines is 1. The van der Waals surface area contributed by atoms with Gasteiger partial charge in [-0.3, -0.25) is 4.79 Å². The first kappa shape index (κ1) is 19.1. The number of carbonyl (C=O) groups excluding carboxylic acids is 1. The summed E-state index contributed by atoms with van der Waals surface area (Å²) in [5.41, 5.74) is 0.610. The maximum Gasteiger partial charge on any atom is 0.252 e. The van der Waals surface area contributed by atoms with E-state index < -0.39 is 0 Å². The van der Waals surface area contributed by atoms with E-state index in [0.717, 1.165) is 31.5 Å². The summed E-state index contributed by atoms with van der Waals surface area (Å²) in [4.78, 5) is 16.6. The fraction of sp³-hybridized carbons (Fsp3) is 0.700. The predicted octanol–water partition coefficient (Wildman–Crippen LogP) is 3.35. The third-order valence-corrected chi connectivity index (χ3v) is 5.18. The molecule has 0 unspecified atom stereocenters. The number of hydrogen-bond donors (Lipinski definition) is 2. The molecule has 0 spiro atoms. The van der Waals surface area contributed by atoms with Crippen LogP contribution in [0.5, 0.6) is 0 Å². The van der Waals surface area contributed by atoms with Crippen LogP contribution in [-0.4, -0.2) is 43.0 Å². The van der Waals surface area contributed by atoms with Crippen molar-refractivity contribution in [2.45, 2.75) is 64.7 Å². The van der Waals surface area contributed by atoms with E-state index in [-0.39, 0.29) is 17.6 Å².